The number of nitro groups is 2. The first-order valence-corrected chi connectivity index (χ1v) is 10.8. The van der Waals surface area contributed by atoms with Crippen LogP contribution in [0.25, 0.3) is 11.3 Å². The van der Waals surface area contributed by atoms with Gasteiger partial charge in [-0.3, -0.25) is 29.8 Å². The first-order valence-electron chi connectivity index (χ1n) is 9.99. The zero-order chi connectivity index (χ0) is 25.7. The first-order chi connectivity index (χ1) is 16.5. The Morgan fingerprint density at radius 2 is 1.71 bits per heavy atom. The molecule has 0 radical (unpaired) electrons. The van der Waals surface area contributed by atoms with Crippen molar-refractivity contribution in [3.63, 3.8) is 0 Å². The van der Waals surface area contributed by atoms with Crippen LogP contribution in [0.15, 0.2) is 62.5 Å². The fourth-order valence-electron chi connectivity index (χ4n) is 2.93. The Hall–Kier alpha value is -4.39. The van der Waals surface area contributed by atoms with Crippen LogP contribution < -0.4 is 10.7 Å². The second-order valence-corrected chi connectivity index (χ2v) is 8.22. The van der Waals surface area contributed by atoms with Gasteiger partial charge < -0.3 is 9.73 Å². The van der Waals surface area contributed by atoms with Crippen LogP contribution in [0.3, 0.4) is 0 Å². The number of hydrogen-bond donors (Lipinski definition) is 2. The zero-order valence-corrected chi connectivity index (χ0v) is 19.9. The van der Waals surface area contributed by atoms with E-state index < -0.39 is 39.1 Å². The van der Waals surface area contributed by atoms with Crippen molar-refractivity contribution in [1.29, 1.82) is 0 Å². The van der Waals surface area contributed by atoms with Gasteiger partial charge in [0.2, 0.25) is 0 Å². The lowest BCUT2D eigenvalue weighted by Crippen LogP contribution is -2.43. The van der Waals surface area contributed by atoms with E-state index in [1.54, 1.807) is 12.1 Å². The number of aryl methyl sites for hydroxylation is 1. The molecule has 2 aromatic carbocycles. The number of carbonyl (C=O) groups is 2. The third-order valence-corrected chi connectivity index (χ3v) is 5.37. The number of hydrogen-bond acceptors (Lipinski definition) is 8. The van der Waals surface area contributed by atoms with E-state index in [-0.39, 0.29) is 5.56 Å². The summed E-state index contributed by atoms with van der Waals surface area (Å²) in [5, 5.41) is 28.1. The molecule has 12 nitrogen and oxygen atoms in total. The first kappa shape index (κ1) is 25.2. The Morgan fingerprint density at radius 3 is 2.31 bits per heavy atom. The molecule has 2 N–H and O–H groups in total. The average molecular weight is 544 g/mol. The predicted octanol–water partition coefficient (Wildman–Crippen LogP) is 4.10. The Morgan fingerprint density at radius 1 is 1.06 bits per heavy atom. The van der Waals surface area contributed by atoms with Gasteiger partial charge in [-0.2, -0.15) is 5.10 Å². The van der Waals surface area contributed by atoms with E-state index in [0.717, 1.165) is 33.8 Å². The topological polar surface area (TPSA) is 170 Å². The molecule has 180 valence electrons. The molecule has 0 saturated carbocycles. The summed E-state index contributed by atoms with van der Waals surface area (Å²) < 4.78 is 6.57. The number of amides is 2. The molecule has 0 bridgehead atoms. The summed E-state index contributed by atoms with van der Waals surface area (Å²) in [6.07, 6.45) is 1.28. The second-order valence-electron chi connectivity index (χ2n) is 7.37. The number of rotatable bonds is 8. The van der Waals surface area contributed by atoms with Gasteiger partial charge in [0, 0.05) is 22.2 Å². The lowest BCUT2D eigenvalue weighted by atomic mass is 10.1. The molecule has 1 atom stereocenters. The molecule has 2 amide bonds. The van der Waals surface area contributed by atoms with Gasteiger partial charge in [0.1, 0.15) is 17.6 Å². The van der Waals surface area contributed by atoms with E-state index in [1.807, 2.05) is 25.1 Å². The van der Waals surface area contributed by atoms with Gasteiger partial charge in [-0.1, -0.05) is 22.0 Å². The number of carbonyl (C=O) groups excluding carboxylic acids is 2. The van der Waals surface area contributed by atoms with E-state index >= 15 is 0 Å². The molecule has 35 heavy (non-hydrogen) atoms. The van der Waals surface area contributed by atoms with Crippen LogP contribution in [-0.2, 0) is 4.79 Å². The Bertz CT molecular complexity index is 1320. The molecule has 1 heterocycles. The van der Waals surface area contributed by atoms with Crippen molar-refractivity contribution >= 4 is 45.3 Å². The summed E-state index contributed by atoms with van der Waals surface area (Å²) in [5.41, 5.74) is 2.59. The standard InChI is InChI=1S/C22H18BrN5O7/c1-12-3-5-18(19(23)7-12)20-6-4-17(35-20)11-24-26-21(29)13(2)25-22(30)14-8-15(27(31)32)10-16(9-14)28(33)34/h3-11,13H,1-2H3,(H,25,30)(H,26,29)/b24-11-/t13-/m1/s1. The highest BCUT2D eigenvalue weighted by Crippen LogP contribution is 2.30. The summed E-state index contributed by atoms with van der Waals surface area (Å²) in [6.45, 7) is 3.32. The highest BCUT2D eigenvalue weighted by Gasteiger charge is 2.22. The molecule has 0 spiro atoms. The van der Waals surface area contributed by atoms with E-state index in [0.29, 0.717) is 11.5 Å². The predicted molar refractivity (Wildman–Crippen MR) is 129 cm³/mol. The van der Waals surface area contributed by atoms with Gasteiger partial charge in [0.15, 0.2) is 0 Å². The maximum Gasteiger partial charge on any atom is 0.277 e. The number of halogens is 1. The number of non-ortho nitro benzene ring substituents is 2. The lowest BCUT2D eigenvalue weighted by molar-refractivity contribution is -0.394. The van der Waals surface area contributed by atoms with E-state index in [4.69, 9.17) is 4.42 Å². The summed E-state index contributed by atoms with van der Waals surface area (Å²) in [5.74, 6) is -0.630. The Kier molecular flexibility index (Phi) is 7.71. The van der Waals surface area contributed by atoms with Gasteiger partial charge in [-0.05, 0) is 43.7 Å². The third kappa shape index (κ3) is 6.35. The van der Waals surface area contributed by atoms with Gasteiger partial charge in [-0.15, -0.1) is 0 Å². The van der Waals surface area contributed by atoms with Gasteiger partial charge in [-0.25, -0.2) is 5.43 Å². The van der Waals surface area contributed by atoms with Crippen LogP contribution in [0.1, 0.15) is 28.6 Å². The molecule has 1 aromatic heterocycles. The maximum atomic E-state index is 12.4. The fourth-order valence-corrected chi connectivity index (χ4v) is 3.61. The minimum atomic E-state index is -1.10. The van der Waals surface area contributed by atoms with E-state index in [2.05, 4.69) is 31.8 Å². The normalized spacial score (nSPS) is 11.7. The van der Waals surface area contributed by atoms with Crippen LogP contribution in [0.5, 0.6) is 0 Å². The van der Waals surface area contributed by atoms with Crippen LogP contribution in [0.4, 0.5) is 11.4 Å². The van der Waals surface area contributed by atoms with Crippen molar-refractivity contribution < 1.29 is 23.9 Å². The SMILES string of the molecule is Cc1ccc(-c2ccc(/C=N\NC(=O)[C@@H](C)NC(=O)c3cc([N+](=O)[O-])cc([N+](=O)[O-])c3)o2)c(Br)c1. The quantitative estimate of drug-likeness (QED) is 0.244. The molecule has 0 aliphatic heterocycles. The minimum absolute atomic E-state index is 0.334. The van der Waals surface area contributed by atoms with Crippen LogP contribution in [0.2, 0.25) is 0 Å². The number of hydrazone groups is 1. The molecular formula is C22H18BrN5O7. The molecule has 0 saturated heterocycles. The average Bonchev–Trinajstić information content (AvgIpc) is 3.26. The summed E-state index contributed by atoms with van der Waals surface area (Å²) in [7, 11) is 0. The van der Waals surface area contributed by atoms with Crippen molar-refractivity contribution in [3.8, 4) is 11.3 Å². The number of furan rings is 1. The van der Waals surface area contributed by atoms with E-state index in [1.165, 1.54) is 13.1 Å². The van der Waals surface area contributed by atoms with Crippen molar-refractivity contribution in [2.45, 2.75) is 19.9 Å². The molecule has 3 aromatic rings. The van der Waals surface area contributed by atoms with Crippen LogP contribution in [0, 0.1) is 27.2 Å². The largest absolute Gasteiger partial charge is 0.455 e. The number of nitrogens with zero attached hydrogens (tertiary/aromatic N) is 3. The molecule has 13 heteroatoms. The Labute approximate surface area is 206 Å². The summed E-state index contributed by atoms with van der Waals surface area (Å²) in [4.78, 5) is 44.9. The number of nitrogens with one attached hydrogen (secondary N) is 2. The monoisotopic (exact) mass is 543 g/mol. The van der Waals surface area contributed by atoms with Crippen LogP contribution >= 0.6 is 15.9 Å². The van der Waals surface area contributed by atoms with Crippen molar-refractivity contribution in [1.82, 2.24) is 10.7 Å². The molecule has 0 aliphatic rings. The molecule has 0 fully saturated rings. The van der Waals surface area contributed by atoms with Gasteiger partial charge >= 0.3 is 0 Å². The van der Waals surface area contributed by atoms with E-state index in [9.17, 15) is 29.8 Å². The highest BCUT2D eigenvalue weighted by atomic mass is 79.9. The molecular weight excluding hydrogens is 526 g/mol. The third-order valence-electron chi connectivity index (χ3n) is 4.71. The summed E-state index contributed by atoms with van der Waals surface area (Å²) >= 11 is 3.49. The molecule has 0 unspecified atom stereocenters. The maximum absolute atomic E-state index is 12.4. The Balaban J connectivity index is 1.62. The smallest absolute Gasteiger partial charge is 0.277 e. The molecule has 0 aliphatic carbocycles. The van der Waals surface area contributed by atoms with Crippen molar-refractivity contribution in [2.24, 2.45) is 5.10 Å². The van der Waals surface area contributed by atoms with Gasteiger partial charge in [0.05, 0.1) is 27.7 Å². The fraction of sp³-hybridized carbons (Fsp3) is 0.136. The van der Waals surface area contributed by atoms with Crippen LogP contribution in [-0.4, -0.2) is 33.9 Å². The number of nitro benzene ring substituents is 2. The second kappa shape index (κ2) is 10.7. The lowest BCUT2D eigenvalue weighted by Gasteiger charge is -2.12. The zero-order valence-electron chi connectivity index (χ0n) is 18.4. The number of benzene rings is 2. The van der Waals surface area contributed by atoms with Crippen molar-refractivity contribution in [3.05, 3.63) is 90.1 Å². The minimum Gasteiger partial charge on any atom is -0.455 e. The highest BCUT2D eigenvalue weighted by molar-refractivity contribution is 9.10. The molecule has 3 rings (SSSR count). The van der Waals surface area contributed by atoms with Gasteiger partial charge in [0.25, 0.3) is 23.2 Å². The summed E-state index contributed by atoms with van der Waals surface area (Å²) in [6, 6.07) is 10.6. The van der Waals surface area contributed by atoms with Crippen molar-refractivity contribution in [2.75, 3.05) is 0 Å².